The molecule has 0 saturated heterocycles. The van der Waals surface area contributed by atoms with Gasteiger partial charge in [0, 0.05) is 5.41 Å². The first-order valence-electron chi connectivity index (χ1n) is 5.44. The Kier molecular flexibility index (Phi) is 2.38. The second kappa shape index (κ2) is 3.48. The minimum Gasteiger partial charge on any atom is -0.427 e. The lowest BCUT2D eigenvalue weighted by Crippen LogP contribution is -2.17. The first kappa shape index (κ1) is 10.9. The van der Waals surface area contributed by atoms with Crippen molar-refractivity contribution >= 4 is 10.8 Å². The maximum atomic E-state index is 11.8. The van der Waals surface area contributed by atoms with E-state index in [1.54, 1.807) is 6.07 Å². The molecule has 0 amide bonds. The van der Waals surface area contributed by atoms with Gasteiger partial charge in [0.2, 0.25) is 0 Å². The Morgan fingerprint density at radius 2 is 1.62 bits per heavy atom. The molecule has 1 heterocycles. The molecule has 0 aliphatic rings. The molecule has 2 aromatic rings. The average Bonchev–Trinajstić information content (AvgIpc) is 2.22. The maximum Gasteiger partial charge on any atom is 0.343 e. The summed E-state index contributed by atoms with van der Waals surface area (Å²) in [5, 5.41) is 1.65. The molecule has 0 unspecified atom stereocenters. The Labute approximate surface area is 94.9 Å². The Hall–Kier alpha value is -1.57. The van der Waals surface area contributed by atoms with Gasteiger partial charge in [-0.25, -0.2) is 4.79 Å². The number of hydrogen-bond donors (Lipinski definition) is 0. The summed E-state index contributed by atoms with van der Waals surface area (Å²) in [4.78, 5) is 11.8. The van der Waals surface area contributed by atoms with Gasteiger partial charge in [-0.2, -0.15) is 0 Å². The van der Waals surface area contributed by atoms with E-state index in [-0.39, 0.29) is 11.0 Å². The summed E-state index contributed by atoms with van der Waals surface area (Å²) < 4.78 is 5.43. The van der Waals surface area contributed by atoms with Crippen molar-refractivity contribution in [2.75, 3.05) is 0 Å². The van der Waals surface area contributed by atoms with Crippen LogP contribution in [0.3, 0.4) is 0 Å². The fourth-order valence-electron chi connectivity index (χ4n) is 2.05. The molecule has 0 N–H and O–H groups in total. The molecule has 16 heavy (non-hydrogen) atoms. The third-order valence-corrected chi connectivity index (χ3v) is 2.77. The highest BCUT2D eigenvalue weighted by molar-refractivity contribution is 5.84. The quantitative estimate of drug-likeness (QED) is 0.675. The van der Waals surface area contributed by atoms with Crippen molar-refractivity contribution in [1.29, 1.82) is 0 Å². The molecule has 1 aromatic carbocycles. The number of fused-ring (bicyclic) bond motifs is 1. The molecule has 0 fully saturated rings. The monoisotopic (exact) mass is 216 g/mol. The molecule has 2 heteroatoms. The van der Waals surface area contributed by atoms with Crippen molar-refractivity contribution in [1.82, 2.24) is 0 Å². The van der Waals surface area contributed by atoms with Gasteiger partial charge >= 0.3 is 5.63 Å². The topological polar surface area (TPSA) is 30.2 Å². The fraction of sp³-hybridized carbons (Fsp3) is 0.357. The van der Waals surface area contributed by atoms with E-state index in [9.17, 15) is 4.79 Å². The van der Waals surface area contributed by atoms with Gasteiger partial charge in [0.05, 0.1) is 5.39 Å². The standard InChI is InChI=1S/C14H16O2/c1-9-10-7-5-6-8-11(10)13(15)16-12(9)14(2,3)4/h5-8H,1-4H3. The number of rotatable bonds is 0. The molecule has 0 aliphatic carbocycles. The second-order valence-corrected chi connectivity index (χ2v) is 5.14. The van der Waals surface area contributed by atoms with Crippen LogP contribution in [0.4, 0.5) is 0 Å². The fourth-order valence-corrected chi connectivity index (χ4v) is 2.05. The van der Waals surface area contributed by atoms with E-state index < -0.39 is 0 Å². The van der Waals surface area contributed by atoms with Crippen LogP contribution in [0.25, 0.3) is 10.8 Å². The highest BCUT2D eigenvalue weighted by atomic mass is 16.4. The third-order valence-electron chi connectivity index (χ3n) is 2.77. The molecular formula is C14H16O2. The van der Waals surface area contributed by atoms with Gasteiger partial charge in [-0.3, -0.25) is 0 Å². The molecule has 2 rings (SSSR count). The van der Waals surface area contributed by atoms with Gasteiger partial charge < -0.3 is 4.42 Å². The van der Waals surface area contributed by atoms with Gasteiger partial charge in [-0.1, -0.05) is 39.0 Å². The van der Waals surface area contributed by atoms with Crippen molar-refractivity contribution in [2.45, 2.75) is 33.1 Å². The zero-order valence-electron chi connectivity index (χ0n) is 10.1. The Bertz CT molecular complexity index is 586. The summed E-state index contributed by atoms with van der Waals surface area (Å²) >= 11 is 0. The van der Waals surface area contributed by atoms with Crippen molar-refractivity contribution in [2.24, 2.45) is 0 Å². The van der Waals surface area contributed by atoms with Crippen molar-refractivity contribution in [3.05, 3.63) is 46.0 Å². The SMILES string of the molecule is Cc1c(C(C)(C)C)oc(=O)c2ccccc12. The van der Waals surface area contributed by atoms with Crippen molar-refractivity contribution in [3.63, 3.8) is 0 Å². The summed E-state index contributed by atoms with van der Waals surface area (Å²) in [5.74, 6) is 0.774. The zero-order valence-corrected chi connectivity index (χ0v) is 10.1. The summed E-state index contributed by atoms with van der Waals surface area (Å²) in [6.45, 7) is 8.15. The molecule has 0 aliphatic heterocycles. The van der Waals surface area contributed by atoms with Gasteiger partial charge in [-0.05, 0) is 23.9 Å². The van der Waals surface area contributed by atoms with Crippen LogP contribution in [0.15, 0.2) is 33.5 Å². The van der Waals surface area contributed by atoms with Gasteiger partial charge in [0.1, 0.15) is 5.76 Å². The van der Waals surface area contributed by atoms with Crippen molar-refractivity contribution in [3.8, 4) is 0 Å². The maximum absolute atomic E-state index is 11.8. The average molecular weight is 216 g/mol. The van der Waals surface area contributed by atoms with E-state index in [2.05, 4.69) is 0 Å². The summed E-state index contributed by atoms with van der Waals surface area (Å²) in [6.07, 6.45) is 0. The first-order valence-corrected chi connectivity index (χ1v) is 5.44. The van der Waals surface area contributed by atoms with E-state index in [1.165, 1.54) is 0 Å². The predicted molar refractivity (Wildman–Crippen MR) is 65.9 cm³/mol. The van der Waals surface area contributed by atoms with Crippen molar-refractivity contribution < 1.29 is 4.42 Å². The highest BCUT2D eigenvalue weighted by Crippen LogP contribution is 2.28. The number of aryl methyl sites for hydroxylation is 1. The van der Waals surface area contributed by atoms with E-state index in [4.69, 9.17) is 4.42 Å². The van der Waals surface area contributed by atoms with E-state index in [0.29, 0.717) is 5.39 Å². The van der Waals surface area contributed by atoms with Crippen LogP contribution in [-0.4, -0.2) is 0 Å². The third kappa shape index (κ3) is 1.64. The van der Waals surface area contributed by atoms with Crippen LogP contribution in [0.5, 0.6) is 0 Å². The lowest BCUT2D eigenvalue weighted by atomic mass is 9.88. The van der Waals surface area contributed by atoms with Gasteiger partial charge in [-0.15, -0.1) is 0 Å². The molecule has 2 nitrogen and oxygen atoms in total. The molecule has 0 atom stereocenters. The van der Waals surface area contributed by atoms with E-state index in [1.807, 2.05) is 45.9 Å². The van der Waals surface area contributed by atoms with Gasteiger partial charge in [0.25, 0.3) is 0 Å². The van der Waals surface area contributed by atoms with E-state index >= 15 is 0 Å². The van der Waals surface area contributed by atoms with Crippen LogP contribution in [0.1, 0.15) is 32.1 Å². The Morgan fingerprint density at radius 1 is 1.06 bits per heavy atom. The van der Waals surface area contributed by atoms with Crippen LogP contribution in [0, 0.1) is 6.92 Å². The first-order chi connectivity index (χ1) is 7.41. The molecule has 1 aromatic heterocycles. The Morgan fingerprint density at radius 3 is 2.19 bits per heavy atom. The molecule has 0 saturated carbocycles. The second-order valence-electron chi connectivity index (χ2n) is 5.14. The summed E-state index contributed by atoms with van der Waals surface area (Å²) in [7, 11) is 0. The Balaban J connectivity index is 2.92. The van der Waals surface area contributed by atoms with Crippen LogP contribution in [-0.2, 0) is 5.41 Å². The van der Waals surface area contributed by atoms with Gasteiger partial charge in [0.15, 0.2) is 0 Å². The molecule has 84 valence electrons. The molecular weight excluding hydrogens is 200 g/mol. The van der Waals surface area contributed by atoms with E-state index in [0.717, 1.165) is 16.7 Å². The van der Waals surface area contributed by atoms with Crippen LogP contribution >= 0.6 is 0 Å². The highest BCUT2D eigenvalue weighted by Gasteiger charge is 2.22. The zero-order chi connectivity index (χ0) is 11.9. The minimum absolute atomic E-state index is 0.146. The molecule has 0 radical (unpaired) electrons. The summed E-state index contributed by atoms with van der Waals surface area (Å²) in [5.41, 5.74) is 0.668. The lowest BCUT2D eigenvalue weighted by Gasteiger charge is -2.19. The molecule has 0 spiro atoms. The largest absolute Gasteiger partial charge is 0.427 e. The predicted octanol–water partition coefficient (Wildman–Crippen LogP) is 3.40. The van der Waals surface area contributed by atoms with Crippen LogP contribution in [0.2, 0.25) is 0 Å². The minimum atomic E-state index is -0.244. The number of benzene rings is 1. The summed E-state index contributed by atoms with van der Waals surface area (Å²) in [6, 6.07) is 7.58. The lowest BCUT2D eigenvalue weighted by molar-refractivity contribution is 0.378. The number of hydrogen-bond acceptors (Lipinski definition) is 2. The normalized spacial score (nSPS) is 12.0. The van der Waals surface area contributed by atoms with Crippen LogP contribution < -0.4 is 5.63 Å². The molecule has 0 bridgehead atoms. The smallest absolute Gasteiger partial charge is 0.343 e.